The maximum atomic E-state index is 12.9. The molecule has 0 aliphatic rings. The number of nitrogens with two attached hydrogens (primary N) is 2. The second-order valence-corrected chi connectivity index (χ2v) is 4.95. The van der Waals surface area contributed by atoms with Gasteiger partial charge in [0.15, 0.2) is 5.82 Å². The Morgan fingerprint density at radius 2 is 1.96 bits per heavy atom. The normalized spacial score (nSPS) is 11.6. The molecule has 0 saturated carbocycles. The van der Waals surface area contributed by atoms with Gasteiger partial charge in [0, 0.05) is 23.5 Å². The van der Waals surface area contributed by atoms with Crippen LogP contribution in [0.25, 0.3) is 16.8 Å². The summed E-state index contributed by atoms with van der Waals surface area (Å²) in [4.78, 5) is 18.5. The molecule has 0 aliphatic heterocycles. The molecular weight excluding hydrogens is 325 g/mol. The van der Waals surface area contributed by atoms with E-state index in [2.05, 4.69) is 15.3 Å². The summed E-state index contributed by atoms with van der Waals surface area (Å²) in [6.07, 6.45) is -0.295. The first-order chi connectivity index (χ1) is 11.2. The molecule has 0 aromatic carbocycles. The minimum absolute atomic E-state index is 0.228. The number of pyridine rings is 2. The SMILES string of the molecule is NC(=O)Nc1cn2cc(-c3cnc(N)c(C(F)(F)F)c3)ccc2n1. The average Bonchev–Trinajstić information content (AvgIpc) is 2.86. The number of carbonyl (C=O) groups excluding carboxylic acids is 1. The zero-order valence-corrected chi connectivity index (χ0v) is 12.0. The number of anilines is 2. The molecule has 0 radical (unpaired) electrons. The number of imidazole rings is 1. The Balaban J connectivity index is 2.05. The van der Waals surface area contributed by atoms with E-state index in [0.717, 1.165) is 6.07 Å². The second-order valence-electron chi connectivity index (χ2n) is 4.95. The monoisotopic (exact) mass is 336 g/mol. The van der Waals surface area contributed by atoms with Gasteiger partial charge in [-0.25, -0.2) is 14.8 Å². The third-order valence-corrected chi connectivity index (χ3v) is 3.26. The standard InChI is InChI=1S/C14H11F3N6O/c15-14(16,17)9-3-8(4-20-12(9)18)7-1-2-11-21-10(22-13(19)24)6-23(11)5-7/h1-6H,(H2,18,20)(H3,19,22,24). The van der Waals surface area contributed by atoms with Gasteiger partial charge in [-0.1, -0.05) is 0 Å². The Morgan fingerprint density at radius 3 is 2.62 bits per heavy atom. The van der Waals surface area contributed by atoms with E-state index in [9.17, 15) is 18.0 Å². The molecule has 3 aromatic heterocycles. The number of primary amides is 1. The quantitative estimate of drug-likeness (QED) is 0.667. The summed E-state index contributed by atoms with van der Waals surface area (Å²) in [5, 5.41) is 2.32. The molecule has 7 nitrogen and oxygen atoms in total. The highest BCUT2D eigenvalue weighted by Crippen LogP contribution is 2.35. The molecule has 0 fully saturated rings. The lowest BCUT2D eigenvalue weighted by atomic mass is 10.1. The maximum Gasteiger partial charge on any atom is 0.419 e. The van der Waals surface area contributed by atoms with Gasteiger partial charge in [0.05, 0.1) is 11.8 Å². The van der Waals surface area contributed by atoms with E-state index in [1.54, 1.807) is 22.7 Å². The third-order valence-electron chi connectivity index (χ3n) is 3.26. The van der Waals surface area contributed by atoms with Crippen LogP contribution in [-0.2, 0) is 6.18 Å². The Hall–Kier alpha value is -3.30. The molecule has 0 unspecified atom stereocenters. The van der Waals surface area contributed by atoms with E-state index in [1.165, 1.54) is 12.4 Å². The number of nitrogen functional groups attached to an aromatic ring is 1. The van der Waals surface area contributed by atoms with Gasteiger partial charge in [-0.2, -0.15) is 13.2 Å². The Kier molecular flexibility index (Phi) is 3.51. The van der Waals surface area contributed by atoms with Crippen LogP contribution in [0.4, 0.5) is 29.6 Å². The first-order valence-corrected chi connectivity index (χ1v) is 6.62. The Labute approximate surface area is 133 Å². The van der Waals surface area contributed by atoms with E-state index in [0.29, 0.717) is 11.2 Å². The molecule has 5 N–H and O–H groups in total. The lowest BCUT2D eigenvalue weighted by Crippen LogP contribution is -2.19. The van der Waals surface area contributed by atoms with Crippen molar-refractivity contribution >= 4 is 23.3 Å². The number of alkyl halides is 3. The third kappa shape index (κ3) is 2.93. The molecule has 2 amide bonds. The van der Waals surface area contributed by atoms with Crippen molar-refractivity contribution < 1.29 is 18.0 Å². The highest BCUT2D eigenvalue weighted by atomic mass is 19.4. The van der Waals surface area contributed by atoms with Gasteiger partial charge in [-0.15, -0.1) is 0 Å². The first-order valence-electron chi connectivity index (χ1n) is 6.62. The number of nitrogens with zero attached hydrogens (tertiary/aromatic N) is 3. The van der Waals surface area contributed by atoms with Crippen LogP contribution in [0.2, 0.25) is 0 Å². The van der Waals surface area contributed by atoms with Crippen LogP contribution in [0.3, 0.4) is 0 Å². The van der Waals surface area contributed by atoms with Gasteiger partial charge in [0.1, 0.15) is 11.5 Å². The van der Waals surface area contributed by atoms with Crippen molar-refractivity contribution in [3.05, 3.63) is 42.4 Å². The maximum absolute atomic E-state index is 12.9. The summed E-state index contributed by atoms with van der Waals surface area (Å²) in [7, 11) is 0. The van der Waals surface area contributed by atoms with Crippen LogP contribution in [0, 0.1) is 0 Å². The minimum atomic E-state index is -4.59. The van der Waals surface area contributed by atoms with E-state index >= 15 is 0 Å². The summed E-state index contributed by atoms with van der Waals surface area (Å²) >= 11 is 0. The highest BCUT2D eigenvalue weighted by Gasteiger charge is 2.34. The molecule has 0 aliphatic carbocycles. The van der Waals surface area contributed by atoms with E-state index in [4.69, 9.17) is 11.5 Å². The Bertz CT molecular complexity index is 934. The van der Waals surface area contributed by atoms with Gasteiger partial charge in [-0.3, -0.25) is 5.32 Å². The summed E-state index contributed by atoms with van der Waals surface area (Å²) in [6.45, 7) is 0. The number of fused-ring (bicyclic) bond motifs is 1. The largest absolute Gasteiger partial charge is 0.419 e. The van der Waals surface area contributed by atoms with Crippen LogP contribution >= 0.6 is 0 Å². The van der Waals surface area contributed by atoms with Crippen molar-refractivity contribution in [3.8, 4) is 11.1 Å². The predicted octanol–water partition coefficient (Wildman–Crippen LogP) is 2.49. The molecule has 10 heteroatoms. The Morgan fingerprint density at radius 1 is 1.21 bits per heavy atom. The van der Waals surface area contributed by atoms with Crippen molar-refractivity contribution in [3.63, 3.8) is 0 Å². The molecule has 3 rings (SSSR count). The zero-order chi connectivity index (χ0) is 17.5. The van der Waals surface area contributed by atoms with Crippen molar-refractivity contribution in [2.45, 2.75) is 6.18 Å². The highest BCUT2D eigenvalue weighted by molar-refractivity contribution is 5.87. The van der Waals surface area contributed by atoms with Crippen LogP contribution in [-0.4, -0.2) is 20.4 Å². The number of hydrogen-bond acceptors (Lipinski definition) is 4. The molecule has 0 bridgehead atoms. The molecule has 24 heavy (non-hydrogen) atoms. The fraction of sp³-hybridized carbons (Fsp3) is 0.0714. The zero-order valence-electron chi connectivity index (χ0n) is 12.0. The van der Waals surface area contributed by atoms with Crippen LogP contribution in [0.5, 0.6) is 0 Å². The topological polar surface area (TPSA) is 111 Å². The van der Waals surface area contributed by atoms with E-state index in [1.807, 2.05) is 0 Å². The number of amides is 2. The second kappa shape index (κ2) is 5.41. The fourth-order valence-corrected chi connectivity index (χ4v) is 2.21. The summed E-state index contributed by atoms with van der Waals surface area (Å²) in [5.74, 6) is -0.353. The van der Waals surface area contributed by atoms with Crippen molar-refractivity contribution in [1.82, 2.24) is 14.4 Å². The molecule has 124 valence electrons. The van der Waals surface area contributed by atoms with Crippen molar-refractivity contribution in [2.24, 2.45) is 5.73 Å². The number of urea groups is 1. The van der Waals surface area contributed by atoms with Gasteiger partial charge in [0.25, 0.3) is 0 Å². The molecule has 3 heterocycles. The predicted molar refractivity (Wildman–Crippen MR) is 81.0 cm³/mol. The number of carbonyl (C=O) groups is 1. The molecular formula is C14H11F3N6O. The molecule has 3 aromatic rings. The number of halogens is 3. The van der Waals surface area contributed by atoms with Crippen molar-refractivity contribution in [1.29, 1.82) is 0 Å². The van der Waals surface area contributed by atoms with Crippen LogP contribution < -0.4 is 16.8 Å². The lowest BCUT2D eigenvalue weighted by Gasteiger charge is -2.11. The summed E-state index contributed by atoms with van der Waals surface area (Å²) < 4.78 is 40.4. The number of aromatic nitrogens is 3. The van der Waals surface area contributed by atoms with Crippen LogP contribution in [0.1, 0.15) is 5.56 Å². The molecule has 0 spiro atoms. The minimum Gasteiger partial charge on any atom is -0.383 e. The van der Waals surface area contributed by atoms with Gasteiger partial charge < -0.3 is 15.9 Å². The molecule has 0 atom stereocenters. The van der Waals surface area contributed by atoms with Crippen molar-refractivity contribution in [2.75, 3.05) is 11.1 Å². The van der Waals surface area contributed by atoms with Crippen LogP contribution in [0.15, 0.2) is 36.8 Å². The number of hydrogen-bond donors (Lipinski definition) is 3. The number of nitrogens with one attached hydrogen (secondary N) is 1. The van der Waals surface area contributed by atoms with Gasteiger partial charge in [0.2, 0.25) is 0 Å². The average molecular weight is 336 g/mol. The van der Waals surface area contributed by atoms with Gasteiger partial charge >= 0.3 is 12.2 Å². The lowest BCUT2D eigenvalue weighted by molar-refractivity contribution is -0.137. The summed E-state index contributed by atoms with van der Waals surface area (Å²) in [6, 6.07) is 3.34. The molecule has 0 saturated heterocycles. The smallest absolute Gasteiger partial charge is 0.383 e. The van der Waals surface area contributed by atoms with E-state index in [-0.39, 0.29) is 11.4 Å². The summed E-state index contributed by atoms with van der Waals surface area (Å²) in [5.41, 5.74) is 10.5. The fourth-order valence-electron chi connectivity index (χ4n) is 2.21. The van der Waals surface area contributed by atoms with E-state index < -0.39 is 23.6 Å². The first kappa shape index (κ1) is 15.6. The number of rotatable bonds is 2. The van der Waals surface area contributed by atoms with Gasteiger partial charge in [-0.05, 0) is 18.2 Å².